The fourth-order valence-corrected chi connectivity index (χ4v) is 2.34. The van der Waals surface area contributed by atoms with E-state index < -0.39 is 0 Å². The van der Waals surface area contributed by atoms with Crippen LogP contribution in [0.5, 0.6) is 0 Å². The van der Waals surface area contributed by atoms with Gasteiger partial charge in [-0.05, 0) is 24.1 Å². The van der Waals surface area contributed by atoms with Gasteiger partial charge in [-0.2, -0.15) is 5.10 Å². The van der Waals surface area contributed by atoms with E-state index in [1.54, 1.807) is 0 Å². The first-order valence-corrected chi connectivity index (χ1v) is 6.03. The summed E-state index contributed by atoms with van der Waals surface area (Å²) in [6.45, 7) is 2.61. The minimum atomic E-state index is 0.519. The van der Waals surface area contributed by atoms with Gasteiger partial charge in [0.1, 0.15) is 0 Å². The first-order valence-electron chi connectivity index (χ1n) is 6.03. The number of hydrogen-bond acceptors (Lipinski definition) is 2. The van der Waals surface area contributed by atoms with Crippen LogP contribution in [0.25, 0.3) is 16.6 Å². The number of nitrogens with two attached hydrogens (primary N) is 1. The first kappa shape index (κ1) is 11.0. The first-order chi connectivity index (χ1) is 8.81. The van der Waals surface area contributed by atoms with Crippen molar-refractivity contribution >= 4 is 10.9 Å². The zero-order chi connectivity index (χ0) is 12.5. The van der Waals surface area contributed by atoms with Crippen LogP contribution in [0, 0.1) is 6.92 Å². The van der Waals surface area contributed by atoms with Gasteiger partial charge in [0, 0.05) is 11.9 Å². The van der Waals surface area contributed by atoms with Crippen LogP contribution in [-0.4, -0.2) is 9.78 Å². The number of fused-ring (bicyclic) bond motifs is 1. The van der Waals surface area contributed by atoms with E-state index in [-0.39, 0.29) is 0 Å². The largest absolute Gasteiger partial charge is 0.326 e. The van der Waals surface area contributed by atoms with Gasteiger partial charge in [0.15, 0.2) is 0 Å². The molecule has 3 nitrogen and oxygen atoms in total. The SMILES string of the molecule is Cc1cccc(CN)c1-n1ncc2ccccc21. The Kier molecular flexibility index (Phi) is 2.61. The number of para-hydroxylation sites is 2. The number of hydrogen-bond donors (Lipinski definition) is 1. The van der Waals surface area contributed by atoms with E-state index in [4.69, 9.17) is 5.73 Å². The Balaban J connectivity index is 2.33. The van der Waals surface area contributed by atoms with Crippen molar-refractivity contribution in [3.05, 3.63) is 59.8 Å². The van der Waals surface area contributed by atoms with Crippen LogP contribution in [0.15, 0.2) is 48.7 Å². The lowest BCUT2D eigenvalue weighted by atomic mass is 10.1. The number of aromatic nitrogens is 2. The average molecular weight is 237 g/mol. The smallest absolute Gasteiger partial charge is 0.0741 e. The van der Waals surface area contributed by atoms with Gasteiger partial charge in [0.25, 0.3) is 0 Å². The summed E-state index contributed by atoms with van der Waals surface area (Å²) in [5.74, 6) is 0. The highest BCUT2D eigenvalue weighted by Gasteiger charge is 2.10. The van der Waals surface area contributed by atoms with Gasteiger partial charge >= 0.3 is 0 Å². The highest BCUT2D eigenvalue weighted by molar-refractivity contribution is 5.80. The number of benzene rings is 2. The molecule has 0 radical (unpaired) electrons. The molecule has 0 aliphatic rings. The molecule has 3 rings (SSSR count). The zero-order valence-corrected chi connectivity index (χ0v) is 10.3. The van der Waals surface area contributed by atoms with Crippen molar-refractivity contribution in [3.8, 4) is 5.69 Å². The molecule has 0 saturated heterocycles. The minimum Gasteiger partial charge on any atom is -0.326 e. The molecular formula is C15H15N3. The maximum Gasteiger partial charge on any atom is 0.0741 e. The summed E-state index contributed by atoms with van der Waals surface area (Å²) in [5.41, 5.74) is 10.3. The number of nitrogens with zero attached hydrogens (tertiary/aromatic N) is 2. The van der Waals surface area contributed by atoms with E-state index in [9.17, 15) is 0 Å². The molecule has 0 atom stereocenters. The van der Waals surface area contributed by atoms with E-state index in [1.165, 1.54) is 5.56 Å². The predicted octanol–water partition coefficient (Wildman–Crippen LogP) is 2.79. The number of rotatable bonds is 2. The second-order valence-electron chi connectivity index (χ2n) is 4.40. The van der Waals surface area contributed by atoms with Crippen molar-refractivity contribution in [2.75, 3.05) is 0 Å². The summed E-state index contributed by atoms with van der Waals surface area (Å²) in [6.07, 6.45) is 1.89. The van der Waals surface area contributed by atoms with Crippen LogP contribution >= 0.6 is 0 Å². The summed E-state index contributed by atoms with van der Waals surface area (Å²) in [7, 11) is 0. The summed E-state index contributed by atoms with van der Waals surface area (Å²) >= 11 is 0. The zero-order valence-electron chi connectivity index (χ0n) is 10.3. The standard InChI is InChI=1S/C15H15N3/c1-11-5-4-7-12(9-16)15(11)18-14-8-3-2-6-13(14)10-17-18/h2-8,10H,9,16H2,1H3. The Bertz CT molecular complexity index is 698. The van der Waals surface area contributed by atoms with Crippen LogP contribution in [0.3, 0.4) is 0 Å². The Morgan fingerprint density at radius 1 is 1.11 bits per heavy atom. The van der Waals surface area contributed by atoms with Gasteiger partial charge in [-0.25, -0.2) is 4.68 Å². The summed E-state index contributed by atoms with van der Waals surface area (Å²) in [4.78, 5) is 0. The maximum absolute atomic E-state index is 5.83. The van der Waals surface area contributed by atoms with Gasteiger partial charge in [-0.3, -0.25) is 0 Å². The molecule has 0 unspecified atom stereocenters. The van der Waals surface area contributed by atoms with E-state index >= 15 is 0 Å². The monoisotopic (exact) mass is 237 g/mol. The van der Waals surface area contributed by atoms with Crippen molar-refractivity contribution in [1.29, 1.82) is 0 Å². The maximum atomic E-state index is 5.83. The Labute approximate surface area is 106 Å². The average Bonchev–Trinajstić information content (AvgIpc) is 2.82. The Morgan fingerprint density at radius 2 is 1.94 bits per heavy atom. The highest BCUT2D eigenvalue weighted by atomic mass is 15.3. The van der Waals surface area contributed by atoms with E-state index in [2.05, 4.69) is 36.3 Å². The molecule has 1 heterocycles. The van der Waals surface area contributed by atoms with Gasteiger partial charge in [-0.15, -0.1) is 0 Å². The molecule has 18 heavy (non-hydrogen) atoms. The molecule has 0 saturated carbocycles. The van der Waals surface area contributed by atoms with Crippen molar-refractivity contribution < 1.29 is 0 Å². The molecule has 90 valence electrons. The van der Waals surface area contributed by atoms with E-state index in [1.807, 2.05) is 29.1 Å². The Morgan fingerprint density at radius 3 is 2.78 bits per heavy atom. The minimum absolute atomic E-state index is 0.519. The van der Waals surface area contributed by atoms with Crippen LogP contribution in [0.1, 0.15) is 11.1 Å². The molecule has 0 fully saturated rings. The lowest BCUT2D eigenvalue weighted by Gasteiger charge is -2.12. The molecule has 0 aliphatic carbocycles. The van der Waals surface area contributed by atoms with Crippen LogP contribution < -0.4 is 5.73 Å². The predicted molar refractivity (Wildman–Crippen MR) is 73.7 cm³/mol. The molecule has 0 aliphatic heterocycles. The summed E-state index contributed by atoms with van der Waals surface area (Å²) in [5, 5.41) is 5.64. The number of aryl methyl sites for hydroxylation is 1. The fourth-order valence-electron chi connectivity index (χ4n) is 2.34. The summed E-state index contributed by atoms with van der Waals surface area (Å²) in [6, 6.07) is 14.4. The van der Waals surface area contributed by atoms with E-state index in [0.717, 1.165) is 22.2 Å². The topological polar surface area (TPSA) is 43.8 Å². The van der Waals surface area contributed by atoms with E-state index in [0.29, 0.717) is 6.54 Å². The third-order valence-electron chi connectivity index (χ3n) is 3.23. The molecule has 3 aromatic rings. The van der Waals surface area contributed by atoms with Gasteiger partial charge in [0.05, 0.1) is 17.4 Å². The molecule has 0 bridgehead atoms. The normalized spacial score (nSPS) is 11.0. The molecule has 0 spiro atoms. The lowest BCUT2D eigenvalue weighted by molar-refractivity contribution is 0.876. The van der Waals surface area contributed by atoms with Gasteiger partial charge < -0.3 is 5.73 Å². The van der Waals surface area contributed by atoms with Crippen molar-refractivity contribution in [3.63, 3.8) is 0 Å². The Hall–Kier alpha value is -2.13. The van der Waals surface area contributed by atoms with Crippen molar-refractivity contribution in [2.24, 2.45) is 5.73 Å². The summed E-state index contributed by atoms with van der Waals surface area (Å²) < 4.78 is 1.98. The molecule has 2 aromatic carbocycles. The molecular weight excluding hydrogens is 222 g/mol. The van der Waals surface area contributed by atoms with Crippen LogP contribution in [-0.2, 0) is 6.54 Å². The second-order valence-corrected chi connectivity index (χ2v) is 4.40. The van der Waals surface area contributed by atoms with Gasteiger partial charge in [-0.1, -0.05) is 36.4 Å². The molecule has 1 aromatic heterocycles. The second kappa shape index (κ2) is 4.27. The third kappa shape index (κ3) is 1.60. The molecule has 3 heteroatoms. The van der Waals surface area contributed by atoms with Crippen LogP contribution in [0.4, 0.5) is 0 Å². The molecule has 2 N–H and O–H groups in total. The quantitative estimate of drug-likeness (QED) is 0.744. The highest BCUT2D eigenvalue weighted by Crippen LogP contribution is 2.23. The van der Waals surface area contributed by atoms with Crippen molar-refractivity contribution in [2.45, 2.75) is 13.5 Å². The fraction of sp³-hybridized carbons (Fsp3) is 0.133. The lowest BCUT2D eigenvalue weighted by Crippen LogP contribution is -2.07. The van der Waals surface area contributed by atoms with Crippen LogP contribution in [0.2, 0.25) is 0 Å². The molecule has 0 amide bonds. The van der Waals surface area contributed by atoms with Crippen molar-refractivity contribution in [1.82, 2.24) is 9.78 Å². The third-order valence-corrected chi connectivity index (χ3v) is 3.23. The van der Waals surface area contributed by atoms with Gasteiger partial charge in [0.2, 0.25) is 0 Å².